The molecule has 2 atom stereocenters. The summed E-state index contributed by atoms with van der Waals surface area (Å²) in [5, 5.41) is 9.47. The number of nitrogens with zero attached hydrogens (tertiary/aromatic N) is 1. The zero-order chi connectivity index (χ0) is 11.3. The third kappa shape index (κ3) is 2.99. The van der Waals surface area contributed by atoms with Gasteiger partial charge in [0, 0.05) is 18.0 Å². The molecule has 0 fully saturated rings. The van der Waals surface area contributed by atoms with Crippen LogP contribution in [0.5, 0.6) is 0 Å². The minimum atomic E-state index is -2.07. The molecule has 4 nitrogen and oxygen atoms in total. The van der Waals surface area contributed by atoms with Crippen LogP contribution in [0.15, 0.2) is 24.5 Å². The number of aliphatic hydroxyl groups excluding tert-OH is 1. The lowest BCUT2D eigenvalue weighted by Crippen LogP contribution is -2.26. The molecule has 1 aromatic rings. The van der Waals surface area contributed by atoms with Crippen molar-refractivity contribution in [1.82, 2.24) is 4.98 Å². The molecule has 5 heteroatoms. The molecule has 0 bridgehead atoms. The number of halogens is 1. The van der Waals surface area contributed by atoms with E-state index >= 15 is 0 Å². The van der Waals surface area contributed by atoms with Crippen molar-refractivity contribution in [2.24, 2.45) is 0 Å². The van der Waals surface area contributed by atoms with Crippen LogP contribution in [0, 0.1) is 0 Å². The number of esters is 1. The van der Waals surface area contributed by atoms with Gasteiger partial charge in [0.15, 0.2) is 0 Å². The topological polar surface area (TPSA) is 59.4 Å². The molecule has 0 radical (unpaired) electrons. The maximum atomic E-state index is 13.3. The van der Waals surface area contributed by atoms with E-state index in [1.807, 2.05) is 0 Å². The van der Waals surface area contributed by atoms with E-state index in [4.69, 9.17) is 0 Å². The minimum absolute atomic E-state index is 0.0824. The Labute approximate surface area is 86.7 Å². The van der Waals surface area contributed by atoms with Crippen molar-refractivity contribution < 1.29 is 19.0 Å². The van der Waals surface area contributed by atoms with Crippen LogP contribution in [0.3, 0.4) is 0 Å². The van der Waals surface area contributed by atoms with Gasteiger partial charge in [0.25, 0.3) is 0 Å². The van der Waals surface area contributed by atoms with Gasteiger partial charge in [0.2, 0.25) is 6.17 Å². The molecule has 0 aliphatic carbocycles. The number of carbonyl (C=O) groups excluding carboxylic acids is 1. The van der Waals surface area contributed by atoms with E-state index in [1.165, 1.54) is 18.5 Å². The molecule has 15 heavy (non-hydrogen) atoms. The quantitative estimate of drug-likeness (QED) is 0.758. The smallest absolute Gasteiger partial charge is 0.343 e. The summed E-state index contributed by atoms with van der Waals surface area (Å²) in [6.07, 6.45) is -0.809. The fraction of sp³-hybridized carbons (Fsp3) is 0.400. The SMILES string of the molecule is CCOC(=O)C(F)C(O)c1cccnc1. The summed E-state index contributed by atoms with van der Waals surface area (Å²) in [7, 11) is 0. The first-order chi connectivity index (χ1) is 7.16. The molecule has 0 saturated carbocycles. The Morgan fingerprint density at radius 3 is 3.00 bits per heavy atom. The monoisotopic (exact) mass is 213 g/mol. The van der Waals surface area contributed by atoms with Gasteiger partial charge in [-0.15, -0.1) is 0 Å². The predicted molar refractivity (Wildman–Crippen MR) is 50.7 cm³/mol. The fourth-order valence-corrected chi connectivity index (χ4v) is 1.07. The highest BCUT2D eigenvalue weighted by Gasteiger charge is 2.28. The summed E-state index contributed by atoms with van der Waals surface area (Å²) in [6.45, 7) is 1.65. The molecular weight excluding hydrogens is 201 g/mol. The Morgan fingerprint density at radius 1 is 1.73 bits per heavy atom. The first-order valence-electron chi connectivity index (χ1n) is 4.55. The lowest BCUT2D eigenvalue weighted by Gasteiger charge is -2.14. The molecule has 0 spiro atoms. The number of aliphatic hydroxyl groups is 1. The molecule has 0 aliphatic rings. The summed E-state index contributed by atoms with van der Waals surface area (Å²) < 4.78 is 17.8. The Balaban J connectivity index is 2.68. The third-order valence-electron chi connectivity index (χ3n) is 1.81. The van der Waals surface area contributed by atoms with Crippen LogP contribution in [-0.2, 0) is 9.53 Å². The molecule has 2 unspecified atom stereocenters. The van der Waals surface area contributed by atoms with Gasteiger partial charge in [0.05, 0.1) is 6.61 Å². The van der Waals surface area contributed by atoms with Gasteiger partial charge < -0.3 is 9.84 Å². The molecule has 0 saturated heterocycles. The Kier molecular flexibility index (Phi) is 4.17. The average Bonchev–Trinajstić information content (AvgIpc) is 2.28. The summed E-state index contributed by atoms with van der Waals surface area (Å²) in [6, 6.07) is 3.04. The van der Waals surface area contributed by atoms with Crippen molar-refractivity contribution in [3.8, 4) is 0 Å². The van der Waals surface area contributed by atoms with E-state index < -0.39 is 18.2 Å². The van der Waals surface area contributed by atoms with Crippen molar-refractivity contribution in [3.63, 3.8) is 0 Å². The number of carbonyl (C=O) groups is 1. The Bertz CT molecular complexity index is 318. The zero-order valence-electron chi connectivity index (χ0n) is 8.26. The second kappa shape index (κ2) is 5.41. The van der Waals surface area contributed by atoms with Gasteiger partial charge in [-0.25, -0.2) is 9.18 Å². The Morgan fingerprint density at radius 2 is 2.47 bits per heavy atom. The van der Waals surface area contributed by atoms with E-state index in [9.17, 15) is 14.3 Å². The lowest BCUT2D eigenvalue weighted by atomic mass is 10.1. The molecule has 1 rings (SSSR count). The summed E-state index contributed by atoms with van der Waals surface area (Å²) in [5.41, 5.74) is 0.248. The maximum absolute atomic E-state index is 13.3. The summed E-state index contributed by atoms with van der Waals surface area (Å²) >= 11 is 0. The lowest BCUT2D eigenvalue weighted by molar-refractivity contribution is -0.153. The van der Waals surface area contributed by atoms with Crippen molar-refractivity contribution in [3.05, 3.63) is 30.1 Å². The van der Waals surface area contributed by atoms with Gasteiger partial charge in [-0.05, 0) is 13.0 Å². The number of hydrogen-bond donors (Lipinski definition) is 1. The van der Waals surface area contributed by atoms with Gasteiger partial charge in [-0.1, -0.05) is 6.07 Å². The summed E-state index contributed by atoms with van der Waals surface area (Å²) in [4.78, 5) is 14.7. The third-order valence-corrected chi connectivity index (χ3v) is 1.81. The van der Waals surface area contributed by atoms with E-state index in [2.05, 4.69) is 9.72 Å². The first-order valence-corrected chi connectivity index (χ1v) is 4.55. The average molecular weight is 213 g/mol. The maximum Gasteiger partial charge on any atom is 0.343 e. The molecule has 1 aromatic heterocycles. The predicted octanol–water partition coefficient (Wildman–Crippen LogP) is 1.02. The number of alkyl halides is 1. The number of aromatic nitrogens is 1. The van der Waals surface area contributed by atoms with Crippen LogP contribution in [0.1, 0.15) is 18.6 Å². The molecule has 1 heterocycles. The standard InChI is InChI=1S/C10H12FNO3/c1-2-15-10(14)8(11)9(13)7-4-3-5-12-6-7/h3-6,8-9,13H,2H2,1H3. The largest absolute Gasteiger partial charge is 0.464 e. The summed E-state index contributed by atoms with van der Waals surface area (Å²) in [5.74, 6) is -1.06. The van der Waals surface area contributed by atoms with Crippen molar-refractivity contribution >= 4 is 5.97 Å². The van der Waals surface area contributed by atoms with Crippen LogP contribution >= 0.6 is 0 Å². The van der Waals surface area contributed by atoms with Crippen LogP contribution in [0.2, 0.25) is 0 Å². The zero-order valence-corrected chi connectivity index (χ0v) is 8.26. The van der Waals surface area contributed by atoms with E-state index in [0.29, 0.717) is 0 Å². The number of ether oxygens (including phenoxy) is 1. The van der Waals surface area contributed by atoms with Crippen LogP contribution in [0.25, 0.3) is 0 Å². The van der Waals surface area contributed by atoms with Gasteiger partial charge >= 0.3 is 5.97 Å². The highest BCUT2D eigenvalue weighted by molar-refractivity contribution is 5.75. The fourth-order valence-electron chi connectivity index (χ4n) is 1.07. The first kappa shape index (κ1) is 11.6. The van der Waals surface area contributed by atoms with Crippen molar-refractivity contribution in [2.75, 3.05) is 6.61 Å². The van der Waals surface area contributed by atoms with Gasteiger partial charge in [-0.2, -0.15) is 0 Å². The molecule has 0 amide bonds. The highest BCUT2D eigenvalue weighted by atomic mass is 19.1. The molecule has 82 valence electrons. The molecule has 0 aromatic carbocycles. The van der Waals surface area contributed by atoms with E-state index in [-0.39, 0.29) is 12.2 Å². The molecule has 0 aliphatic heterocycles. The van der Waals surface area contributed by atoms with Gasteiger partial charge in [-0.3, -0.25) is 4.98 Å². The second-order valence-corrected chi connectivity index (χ2v) is 2.89. The highest BCUT2D eigenvalue weighted by Crippen LogP contribution is 2.19. The van der Waals surface area contributed by atoms with E-state index in [0.717, 1.165) is 0 Å². The van der Waals surface area contributed by atoms with Gasteiger partial charge in [0.1, 0.15) is 6.10 Å². The number of pyridine rings is 1. The van der Waals surface area contributed by atoms with Crippen LogP contribution in [0.4, 0.5) is 4.39 Å². The van der Waals surface area contributed by atoms with Crippen LogP contribution < -0.4 is 0 Å². The number of hydrogen-bond acceptors (Lipinski definition) is 4. The van der Waals surface area contributed by atoms with Crippen molar-refractivity contribution in [1.29, 1.82) is 0 Å². The van der Waals surface area contributed by atoms with Crippen molar-refractivity contribution in [2.45, 2.75) is 19.2 Å². The molecular formula is C10H12FNO3. The second-order valence-electron chi connectivity index (χ2n) is 2.89. The Hall–Kier alpha value is -1.49. The minimum Gasteiger partial charge on any atom is -0.464 e. The number of rotatable bonds is 4. The van der Waals surface area contributed by atoms with E-state index in [1.54, 1.807) is 13.0 Å². The van der Waals surface area contributed by atoms with Crippen LogP contribution in [-0.4, -0.2) is 28.8 Å². The molecule has 1 N–H and O–H groups in total. The normalized spacial score (nSPS) is 14.3.